The van der Waals surface area contributed by atoms with Gasteiger partial charge in [0, 0.05) is 29.1 Å². The summed E-state index contributed by atoms with van der Waals surface area (Å²) in [5.41, 5.74) is 2.72. The summed E-state index contributed by atoms with van der Waals surface area (Å²) < 4.78 is 5.23. The second-order valence-corrected chi connectivity index (χ2v) is 5.71. The number of benzene rings is 1. The lowest BCUT2D eigenvalue weighted by molar-refractivity contribution is -0.131. The zero-order chi connectivity index (χ0) is 15.7. The fourth-order valence-corrected chi connectivity index (χ4v) is 2.86. The third kappa shape index (κ3) is 2.75. The summed E-state index contributed by atoms with van der Waals surface area (Å²) in [6.07, 6.45) is 1.63. The predicted octanol–water partition coefficient (Wildman–Crippen LogP) is 3.39. The number of nitrogens with zero attached hydrogens (tertiary/aromatic N) is 2. The van der Waals surface area contributed by atoms with Gasteiger partial charge in [-0.1, -0.05) is 18.2 Å². The van der Waals surface area contributed by atoms with Crippen LogP contribution < -0.4 is 0 Å². The number of carboxylic acid groups (broad SMARTS) is 1. The molecule has 6 nitrogen and oxygen atoms in total. The summed E-state index contributed by atoms with van der Waals surface area (Å²) in [5, 5.41) is 18.1. The number of aliphatic carboxylic acids is 1. The van der Waals surface area contributed by atoms with Gasteiger partial charge in [0.05, 0.1) is 0 Å². The zero-order valence-corrected chi connectivity index (χ0v) is 12.8. The Bertz CT molecular complexity index is 879. The molecule has 0 bridgehead atoms. The van der Waals surface area contributed by atoms with E-state index in [1.807, 2.05) is 31.2 Å². The van der Waals surface area contributed by atoms with Crippen molar-refractivity contribution in [1.29, 1.82) is 0 Å². The average Bonchev–Trinajstić information content (AvgIpc) is 3.02. The lowest BCUT2D eigenvalue weighted by Gasteiger charge is -1.99. The number of hydrogen-bond acceptors (Lipinski definition) is 5. The van der Waals surface area contributed by atoms with Crippen LogP contribution in [0.2, 0.25) is 0 Å². The zero-order valence-electron chi connectivity index (χ0n) is 12.0. The number of thioether (sulfide) groups is 1. The van der Waals surface area contributed by atoms with Crippen molar-refractivity contribution in [3.63, 3.8) is 0 Å². The molecule has 3 aromatic rings. The van der Waals surface area contributed by atoms with Gasteiger partial charge in [0.2, 0.25) is 5.89 Å². The molecular weight excluding hydrogens is 302 g/mol. The molecule has 2 aromatic heterocycles. The normalized spacial score (nSPS) is 12.0. The maximum absolute atomic E-state index is 11.5. The van der Waals surface area contributed by atoms with Crippen molar-refractivity contribution in [2.24, 2.45) is 0 Å². The number of aromatic amines is 1. The third-order valence-corrected chi connectivity index (χ3v) is 3.99. The third-order valence-electron chi connectivity index (χ3n) is 3.13. The van der Waals surface area contributed by atoms with E-state index in [-0.39, 0.29) is 10.1 Å². The Kier molecular flexibility index (Phi) is 3.72. The van der Waals surface area contributed by atoms with Gasteiger partial charge in [-0.15, -0.1) is 10.2 Å². The number of aryl methyl sites for hydroxylation is 2. The van der Waals surface area contributed by atoms with E-state index in [0.29, 0.717) is 5.89 Å². The van der Waals surface area contributed by atoms with Crippen LogP contribution in [0, 0.1) is 13.8 Å². The Hall–Kier alpha value is -2.54. The number of carbonyl (C=O) groups is 1. The molecule has 2 heterocycles. The molecule has 112 valence electrons. The van der Waals surface area contributed by atoms with Crippen LogP contribution in [0.25, 0.3) is 17.0 Å². The molecule has 0 saturated carbocycles. The maximum Gasteiger partial charge on any atom is 0.342 e. The van der Waals surface area contributed by atoms with Gasteiger partial charge >= 0.3 is 5.97 Å². The first-order valence-electron chi connectivity index (χ1n) is 6.55. The van der Waals surface area contributed by atoms with Crippen LogP contribution in [0.1, 0.15) is 17.1 Å². The molecule has 2 N–H and O–H groups in total. The van der Waals surface area contributed by atoms with E-state index in [2.05, 4.69) is 15.2 Å². The van der Waals surface area contributed by atoms with Crippen molar-refractivity contribution < 1.29 is 14.3 Å². The van der Waals surface area contributed by atoms with Gasteiger partial charge in [-0.3, -0.25) is 0 Å². The molecule has 0 aliphatic heterocycles. The largest absolute Gasteiger partial charge is 0.477 e. The van der Waals surface area contributed by atoms with Crippen LogP contribution in [0.15, 0.2) is 38.8 Å². The Labute approximate surface area is 130 Å². The second-order valence-electron chi connectivity index (χ2n) is 4.71. The molecule has 3 rings (SSSR count). The first-order valence-corrected chi connectivity index (χ1v) is 7.36. The van der Waals surface area contributed by atoms with Crippen LogP contribution in [-0.4, -0.2) is 26.3 Å². The maximum atomic E-state index is 11.5. The standard InChI is InChI=1S/C15H13N3O3S/c1-8-11(10-5-3-4-6-12(10)16-8)7-13(14(19)20)22-15-18-17-9(2)21-15/h3-7,16H,1-2H3,(H,19,20)/b13-7-. The molecule has 22 heavy (non-hydrogen) atoms. The molecular formula is C15H13N3O3S. The topological polar surface area (TPSA) is 92.0 Å². The summed E-state index contributed by atoms with van der Waals surface area (Å²) in [6, 6.07) is 7.75. The number of H-pyrrole nitrogens is 1. The SMILES string of the molecule is Cc1nnc(S/C(=C\c2c(C)[nH]c3ccccc23)C(=O)O)o1. The van der Waals surface area contributed by atoms with Gasteiger partial charge in [0.15, 0.2) is 0 Å². The number of para-hydroxylation sites is 1. The molecule has 0 unspecified atom stereocenters. The first-order chi connectivity index (χ1) is 10.5. The Morgan fingerprint density at radius 3 is 2.77 bits per heavy atom. The van der Waals surface area contributed by atoms with Crippen LogP contribution in [0.3, 0.4) is 0 Å². The van der Waals surface area contributed by atoms with Gasteiger partial charge in [-0.05, 0) is 30.8 Å². The van der Waals surface area contributed by atoms with Crippen LogP contribution in [0.5, 0.6) is 0 Å². The van der Waals surface area contributed by atoms with Crippen molar-refractivity contribution in [3.05, 3.63) is 46.3 Å². The molecule has 0 atom stereocenters. The minimum absolute atomic E-state index is 0.122. The minimum atomic E-state index is -1.04. The molecule has 0 aliphatic rings. The van der Waals surface area contributed by atoms with E-state index >= 15 is 0 Å². The van der Waals surface area contributed by atoms with Gasteiger partial charge in [-0.2, -0.15) is 0 Å². The number of nitrogens with one attached hydrogen (secondary N) is 1. The molecule has 0 saturated heterocycles. The molecule has 0 radical (unpaired) electrons. The monoisotopic (exact) mass is 315 g/mol. The van der Waals surface area contributed by atoms with E-state index in [4.69, 9.17) is 4.42 Å². The number of hydrogen-bond donors (Lipinski definition) is 2. The van der Waals surface area contributed by atoms with Crippen LogP contribution >= 0.6 is 11.8 Å². The molecule has 0 spiro atoms. The Balaban J connectivity index is 2.05. The molecule has 7 heteroatoms. The summed E-state index contributed by atoms with van der Waals surface area (Å²) in [7, 11) is 0. The second kappa shape index (κ2) is 5.69. The van der Waals surface area contributed by atoms with Crippen molar-refractivity contribution in [2.45, 2.75) is 19.1 Å². The van der Waals surface area contributed by atoms with Crippen LogP contribution in [0.4, 0.5) is 0 Å². The van der Waals surface area contributed by atoms with E-state index in [9.17, 15) is 9.90 Å². The van der Waals surface area contributed by atoms with E-state index in [0.717, 1.165) is 33.9 Å². The van der Waals surface area contributed by atoms with E-state index in [1.54, 1.807) is 13.0 Å². The number of fused-ring (bicyclic) bond motifs is 1. The molecule has 0 aliphatic carbocycles. The van der Waals surface area contributed by atoms with Crippen molar-refractivity contribution in [1.82, 2.24) is 15.2 Å². The summed E-state index contributed by atoms with van der Waals surface area (Å²) in [6.45, 7) is 3.57. The number of aromatic nitrogens is 3. The summed E-state index contributed by atoms with van der Waals surface area (Å²) in [4.78, 5) is 14.9. The highest BCUT2D eigenvalue weighted by atomic mass is 32.2. The van der Waals surface area contributed by atoms with Crippen molar-refractivity contribution in [2.75, 3.05) is 0 Å². The molecule has 0 amide bonds. The number of carboxylic acids is 1. The highest BCUT2D eigenvalue weighted by Crippen LogP contribution is 2.31. The first kappa shape index (κ1) is 14.4. The lowest BCUT2D eigenvalue weighted by Crippen LogP contribution is -1.97. The lowest BCUT2D eigenvalue weighted by atomic mass is 10.1. The van der Waals surface area contributed by atoms with Gasteiger partial charge in [-0.25, -0.2) is 4.79 Å². The van der Waals surface area contributed by atoms with Crippen LogP contribution in [-0.2, 0) is 4.79 Å². The van der Waals surface area contributed by atoms with Gasteiger partial charge in [0.1, 0.15) is 4.91 Å². The average molecular weight is 315 g/mol. The van der Waals surface area contributed by atoms with E-state index in [1.165, 1.54) is 0 Å². The fraction of sp³-hybridized carbons (Fsp3) is 0.133. The van der Waals surface area contributed by atoms with E-state index < -0.39 is 5.97 Å². The van der Waals surface area contributed by atoms with Gasteiger partial charge in [0.25, 0.3) is 5.22 Å². The predicted molar refractivity (Wildman–Crippen MR) is 83.5 cm³/mol. The van der Waals surface area contributed by atoms with Crippen molar-refractivity contribution >= 4 is 34.7 Å². The molecule has 1 aromatic carbocycles. The van der Waals surface area contributed by atoms with Crippen molar-refractivity contribution in [3.8, 4) is 0 Å². The fourth-order valence-electron chi connectivity index (χ4n) is 2.16. The quantitative estimate of drug-likeness (QED) is 0.566. The summed E-state index contributed by atoms with van der Waals surface area (Å²) in [5.74, 6) is -0.638. The van der Waals surface area contributed by atoms with Gasteiger partial charge < -0.3 is 14.5 Å². The number of rotatable bonds is 4. The highest BCUT2D eigenvalue weighted by Gasteiger charge is 2.16. The Morgan fingerprint density at radius 2 is 2.09 bits per heavy atom. The summed E-state index contributed by atoms with van der Waals surface area (Å²) >= 11 is 0.941. The Morgan fingerprint density at radius 1 is 1.32 bits per heavy atom. The molecule has 0 fully saturated rings. The minimum Gasteiger partial charge on any atom is -0.477 e. The highest BCUT2D eigenvalue weighted by molar-refractivity contribution is 8.03. The smallest absolute Gasteiger partial charge is 0.342 e.